The summed E-state index contributed by atoms with van der Waals surface area (Å²) in [5.41, 5.74) is 5.42. The van der Waals surface area contributed by atoms with Crippen LogP contribution in [0.2, 0.25) is 0 Å². The van der Waals surface area contributed by atoms with E-state index in [9.17, 15) is 4.79 Å². The van der Waals surface area contributed by atoms with Crippen LogP contribution >= 0.6 is 11.8 Å². The molecule has 1 amide bonds. The molecule has 6 heteroatoms. The Morgan fingerprint density at radius 2 is 2.00 bits per heavy atom. The van der Waals surface area contributed by atoms with Crippen molar-refractivity contribution in [1.82, 2.24) is 5.32 Å². The van der Waals surface area contributed by atoms with Gasteiger partial charge < -0.3 is 16.9 Å². The lowest BCUT2D eigenvalue weighted by Crippen LogP contribution is -2.39. The standard InChI is InChI=1S/C9H20N4OS/c1-4-7(5-2)12-8(14)6(3)15-9(10)13-11/h6-7H,4-5,11H2,1-3H3,(H2,10,13)(H,12,14). The van der Waals surface area contributed by atoms with Crippen LogP contribution in [0, 0.1) is 0 Å². The molecule has 15 heavy (non-hydrogen) atoms. The number of hydrogen-bond donors (Lipinski definition) is 3. The number of carbonyl (C=O) groups is 1. The first-order chi connectivity index (χ1) is 7.04. The van der Waals surface area contributed by atoms with Gasteiger partial charge in [-0.2, -0.15) is 5.10 Å². The predicted molar refractivity (Wildman–Crippen MR) is 65.4 cm³/mol. The number of hydrogen-bond acceptors (Lipinski definition) is 4. The Kier molecular flexibility index (Phi) is 6.94. The Morgan fingerprint density at radius 1 is 1.47 bits per heavy atom. The molecular formula is C9H20N4OS. The molecule has 0 spiro atoms. The van der Waals surface area contributed by atoms with Crippen molar-refractivity contribution in [3.8, 4) is 0 Å². The Bertz CT molecular complexity index is 228. The highest BCUT2D eigenvalue weighted by atomic mass is 32.2. The third-order valence-electron chi connectivity index (χ3n) is 2.13. The van der Waals surface area contributed by atoms with Crippen molar-refractivity contribution < 1.29 is 4.79 Å². The molecule has 0 aromatic heterocycles. The molecule has 0 heterocycles. The maximum Gasteiger partial charge on any atom is 0.233 e. The van der Waals surface area contributed by atoms with Crippen LogP contribution in [0.1, 0.15) is 33.6 Å². The van der Waals surface area contributed by atoms with Crippen molar-refractivity contribution in [2.24, 2.45) is 16.7 Å². The summed E-state index contributed by atoms with van der Waals surface area (Å²) in [6.07, 6.45) is 1.86. The van der Waals surface area contributed by atoms with E-state index < -0.39 is 0 Å². The van der Waals surface area contributed by atoms with E-state index in [1.165, 1.54) is 0 Å². The molecule has 0 saturated carbocycles. The van der Waals surface area contributed by atoms with Crippen LogP contribution < -0.4 is 16.9 Å². The number of amides is 1. The minimum atomic E-state index is -0.266. The van der Waals surface area contributed by atoms with Gasteiger partial charge in [-0.05, 0) is 19.8 Å². The van der Waals surface area contributed by atoms with E-state index in [1.807, 2.05) is 13.8 Å². The number of rotatable bonds is 5. The number of nitrogens with zero attached hydrogens (tertiary/aromatic N) is 1. The first-order valence-electron chi connectivity index (χ1n) is 5.05. The highest BCUT2D eigenvalue weighted by Crippen LogP contribution is 2.10. The third-order valence-corrected chi connectivity index (χ3v) is 3.04. The van der Waals surface area contributed by atoms with E-state index in [-0.39, 0.29) is 22.4 Å². The highest BCUT2D eigenvalue weighted by Gasteiger charge is 2.17. The van der Waals surface area contributed by atoms with Gasteiger partial charge in [-0.3, -0.25) is 4.79 Å². The van der Waals surface area contributed by atoms with Crippen molar-refractivity contribution >= 4 is 22.8 Å². The smallest absolute Gasteiger partial charge is 0.233 e. The van der Waals surface area contributed by atoms with E-state index in [0.717, 1.165) is 24.6 Å². The van der Waals surface area contributed by atoms with E-state index in [0.29, 0.717) is 0 Å². The van der Waals surface area contributed by atoms with Crippen molar-refractivity contribution in [2.75, 3.05) is 0 Å². The summed E-state index contributed by atoms with van der Waals surface area (Å²) in [5.74, 6) is 4.96. The Labute approximate surface area is 95.0 Å². The fourth-order valence-electron chi connectivity index (χ4n) is 1.08. The summed E-state index contributed by atoms with van der Waals surface area (Å²) >= 11 is 1.16. The van der Waals surface area contributed by atoms with Gasteiger partial charge in [-0.15, -0.1) is 0 Å². The monoisotopic (exact) mass is 232 g/mol. The van der Waals surface area contributed by atoms with Crippen LogP contribution in [0.5, 0.6) is 0 Å². The molecule has 0 bridgehead atoms. The molecule has 0 aromatic rings. The normalized spacial score (nSPS) is 14.0. The largest absolute Gasteiger partial charge is 0.377 e. The molecule has 0 aromatic carbocycles. The first-order valence-corrected chi connectivity index (χ1v) is 5.93. The third kappa shape index (κ3) is 5.51. The quantitative estimate of drug-likeness (QED) is 0.280. The summed E-state index contributed by atoms with van der Waals surface area (Å²) in [5, 5.41) is 6.20. The van der Waals surface area contributed by atoms with Crippen LogP contribution in [0.15, 0.2) is 5.10 Å². The number of carbonyl (C=O) groups excluding carboxylic acids is 1. The lowest BCUT2D eigenvalue weighted by molar-refractivity contribution is -0.121. The zero-order valence-corrected chi connectivity index (χ0v) is 10.3. The van der Waals surface area contributed by atoms with Crippen molar-refractivity contribution in [3.63, 3.8) is 0 Å². The van der Waals surface area contributed by atoms with Gasteiger partial charge in [-0.1, -0.05) is 25.6 Å². The fraction of sp³-hybridized carbons (Fsp3) is 0.778. The molecule has 88 valence electrons. The summed E-state index contributed by atoms with van der Waals surface area (Å²) in [4.78, 5) is 11.6. The molecule has 5 N–H and O–H groups in total. The van der Waals surface area contributed by atoms with Crippen molar-refractivity contribution in [1.29, 1.82) is 0 Å². The zero-order valence-electron chi connectivity index (χ0n) is 9.49. The van der Waals surface area contributed by atoms with Crippen molar-refractivity contribution in [3.05, 3.63) is 0 Å². The summed E-state index contributed by atoms with van der Waals surface area (Å²) in [6.45, 7) is 5.87. The average molecular weight is 232 g/mol. The topological polar surface area (TPSA) is 93.5 Å². The maximum absolute atomic E-state index is 11.6. The van der Waals surface area contributed by atoms with E-state index in [4.69, 9.17) is 11.6 Å². The minimum Gasteiger partial charge on any atom is -0.377 e. The van der Waals surface area contributed by atoms with Gasteiger partial charge in [0.05, 0.1) is 5.25 Å². The molecule has 0 aliphatic heterocycles. The van der Waals surface area contributed by atoms with E-state index >= 15 is 0 Å². The van der Waals surface area contributed by atoms with Gasteiger partial charge in [0.15, 0.2) is 5.17 Å². The van der Waals surface area contributed by atoms with Gasteiger partial charge in [-0.25, -0.2) is 0 Å². The lowest BCUT2D eigenvalue weighted by Gasteiger charge is -2.17. The summed E-state index contributed by atoms with van der Waals surface area (Å²) in [6, 6.07) is 0.233. The Morgan fingerprint density at radius 3 is 2.40 bits per heavy atom. The van der Waals surface area contributed by atoms with Gasteiger partial charge in [0, 0.05) is 6.04 Å². The van der Waals surface area contributed by atoms with Gasteiger partial charge in [0.2, 0.25) is 5.91 Å². The number of nitrogens with one attached hydrogen (secondary N) is 1. The van der Waals surface area contributed by atoms with Gasteiger partial charge >= 0.3 is 0 Å². The zero-order chi connectivity index (χ0) is 11.8. The molecule has 1 unspecified atom stereocenters. The highest BCUT2D eigenvalue weighted by molar-refractivity contribution is 8.14. The van der Waals surface area contributed by atoms with E-state index in [1.54, 1.807) is 6.92 Å². The summed E-state index contributed by atoms with van der Waals surface area (Å²) < 4.78 is 0. The second-order valence-corrected chi connectivity index (χ2v) is 4.61. The Balaban J connectivity index is 4.09. The molecule has 0 radical (unpaired) electrons. The predicted octanol–water partition coefficient (Wildman–Crippen LogP) is 0.601. The molecule has 1 atom stereocenters. The number of hydrazone groups is 1. The summed E-state index contributed by atoms with van der Waals surface area (Å²) in [7, 11) is 0. The van der Waals surface area contributed by atoms with Crippen LogP contribution in [0.4, 0.5) is 0 Å². The van der Waals surface area contributed by atoms with Crippen LogP contribution in [0.25, 0.3) is 0 Å². The molecular weight excluding hydrogens is 212 g/mol. The van der Waals surface area contributed by atoms with Crippen LogP contribution in [-0.2, 0) is 4.79 Å². The van der Waals surface area contributed by atoms with Crippen LogP contribution in [0.3, 0.4) is 0 Å². The molecule has 0 saturated heterocycles. The number of thioether (sulfide) groups is 1. The molecule has 5 nitrogen and oxygen atoms in total. The number of amidine groups is 1. The van der Waals surface area contributed by atoms with Gasteiger partial charge in [0.25, 0.3) is 0 Å². The SMILES string of the molecule is CCC(CC)NC(=O)C(C)SC(N)=NN. The van der Waals surface area contributed by atoms with Gasteiger partial charge in [0.1, 0.15) is 0 Å². The van der Waals surface area contributed by atoms with E-state index in [2.05, 4.69) is 10.4 Å². The molecule has 0 rings (SSSR count). The fourth-order valence-corrected chi connectivity index (χ4v) is 1.67. The second-order valence-electron chi connectivity index (χ2n) is 3.25. The second kappa shape index (κ2) is 7.39. The lowest BCUT2D eigenvalue weighted by atomic mass is 10.2. The molecule has 0 fully saturated rings. The molecule has 0 aliphatic rings. The Hall–Kier alpha value is -0.910. The van der Waals surface area contributed by atoms with Crippen LogP contribution in [-0.4, -0.2) is 22.4 Å². The maximum atomic E-state index is 11.6. The van der Waals surface area contributed by atoms with Crippen molar-refractivity contribution in [2.45, 2.75) is 44.9 Å². The minimum absolute atomic E-state index is 0.0275. The first kappa shape index (κ1) is 14.1. The average Bonchev–Trinajstić information content (AvgIpc) is 2.24. The number of nitrogens with two attached hydrogens (primary N) is 2. The molecule has 0 aliphatic carbocycles.